The van der Waals surface area contributed by atoms with Crippen molar-refractivity contribution in [2.45, 2.75) is 38.5 Å². The Labute approximate surface area is 130 Å². The van der Waals surface area contributed by atoms with Gasteiger partial charge >= 0.3 is 11.9 Å². The highest BCUT2D eigenvalue weighted by molar-refractivity contribution is 5.90. The van der Waals surface area contributed by atoms with Gasteiger partial charge in [-0.05, 0) is 25.7 Å². The summed E-state index contributed by atoms with van der Waals surface area (Å²) in [7, 11) is 0. The van der Waals surface area contributed by atoms with Gasteiger partial charge in [0.25, 0.3) is 0 Å². The Hall–Kier alpha value is -1.98. The molecule has 0 aliphatic carbocycles. The largest absolute Gasteiger partial charge is 0.501 e. The van der Waals surface area contributed by atoms with Gasteiger partial charge in [0, 0.05) is 12.8 Å². The summed E-state index contributed by atoms with van der Waals surface area (Å²) in [6.45, 7) is 2.13. The van der Waals surface area contributed by atoms with E-state index >= 15 is 0 Å². The summed E-state index contributed by atoms with van der Waals surface area (Å²) in [5, 5.41) is 0. The maximum Gasteiger partial charge on any atom is 0.337 e. The van der Waals surface area contributed by atoms with E-state index in [1.807, 2.05) is 0 Å². The average Bonchev–Trinajstić information content (AvgIpc) is 3.10. The molecule has 6 nitrogen and oxygen atoms in total. The van der Waals surface area contributed by atoms with Crippen LogP contribution in [-0.4, -0.2) is 38.4 Å². The molecule has 0 aromatic rings. The van der Waals surface area contributed by atoms with Crippen molar-refractivity contribution in [3.05, 3.63) is 23.7 Å². The molecule has 2 heterocycles. The quantitative estimate of drug-likeness (QED) is 0.281. The highest BCUT2D eigenvalue weighted by Gasteiger charge is 2.19. The first-order valence-corrected chi connectivity index (χ1v) is 7.73. The second-order valence-corrected chi connectivity index (χ2v) is 5.21. The number of rotatable bonds is 9. The van der Waals surface area contributed by atoms with Crippen LogP contribution < -0.4 is 0 Å². The summed E-state index contributed by atoms with van der Waals surface area (Å²) in [5.41, 5.74) is 1.23. The van der Waals surface area contributed by atoms with Gasteiger partial charge in [-0.25, -0.2) is 9.59 Å². The smallest absolute Gasteiger partial charge is 0.337 e. The highest BCUT2D eigenvalue weighted by Crippen LogP contribution is 2.14. The zero-order valence-electron chi connectivity index (χ0n) is 12.7. The van der Waals surface area contributed by atoms with Crippen molar-refractivity contribution in [1.29, 1.82) is 0 Å². The Balaban J connectivity index is 1.41. The fourth-order valence-electron chi connectivity index (χ4n) is 2.15. The van der Waals surface area contributed by atoms with Gasteiger partial charge in [-0.3, -0.25) is 0 Å². The van der Waals surface area contributed by atoms with Gasteiger partial charge in [-0.15, -0.1) is 0 Å². The zero-order valence-corrected chi connectivity index (χ0v) is 12.7. The lowest BCUT2D eigenvalue weighted by atomic mass is 10.2. The van der Waals surface area contributed by atoms with E-state index in [-0.39, 0.29) is 11.9 Å². The SMILES string of the molecule is O=C1OCCC1=COCCCCCCOC=C1CCOC1=O. The standard InChI is InChI=1S/C16H22O6/c17-15-13(5-9-21-15)11-19-7-3-1-2-4-8-20-12-14-6-10-22-16(14)18/h11-12H,1-10H2. The fourth-order valence-corrected chi connectivity index (χ4v) is 2.15. The van der Waals surface area contributed by atoms with E-state index in [1.54, 1.807) is 0 Å². The third kappa shape index (κ3) is 5.42. The molecule has 0 aromatic heterocycles. The second-order valence-electron chi connectivity index (χ2n) is 5.21. The fraction of sp³-hybridized carbons (Fsp3) is 0.625. The summed E-state index contributed by atoms with van der Waals surface area (Å²) < 4.78 is 20.3. The van der Waals surface area contributed by atoms with Crippen LogP contribution in [-0.2, 0) is 28.5 Å². The number of esters is 2. The van der Waals surface area contributed by atoms with Crippen molar-refractivity contribution in [1.82, 2.24) is 0 Å². The summed E-state index contributed by atoms with van der Waals surface area (Å²) >= 11 is 0. The van der Waals surface area contributed by atoms with Gasteiger partial charge in [0.15, 0.2) is 0 Å². The van der Waals surface area contributed by atoms with E-state index in [9.17, 15) is 9.59 Å². The van der Waals surface area contributed by atoms with Gasteiger partial charge in [-0.2, -0.15) is 0 Å². The molecule has 0 amide bonds. The van der Waals surface area contributed by atoms with E-state index in [0.717, 1.165) is 25.7 Å². The predicted octanol–water partition coefficient (Wildman–Crippen LogP) is 2.24. The Bertz CT molecular complexity index is 410. The molecule has 0 saturated carbocycles. The van der Waals surface area contributed by atoms with Crippen LogP contribution >= 0.6 is 0 Å². The molecule has 0 spiro atoms. The molecule has 22 heavy (non-hydrogen) atoms. The van der Waals surface area contributed by atoms with Crippen molar-refractivity contribution >= 4 is 11.9 Å². The molecular formula is C16H22O6. The number of carbonyl (C=O) groups is 2. The zero-order chi connectivity index (χ0) is 15.6. The van der Waals surface area contributed by atoms with Crippen molar-refractivity contribution in [3.63, 3.8) is 0 Å². The number of unbranched alkanes of at least 4 members (excludes halogenated alkanes) is 3. The number of hydrogen-bond acceptors (Lipinski definition) is 6. The van der Waals surface area contributed by atoms with Crippen LogP contribution in [0.3, 0.4) is 0 Å². The predicted molar refractivity (Wildman–Crippen MR) is 77.7 cm³/mol. The van der Waals surface area contributed by atoms with Crippen molar-refractivity contribution < 1.29 is 28.5 Å². The molecule has 122 valence electrons. The molecule has 0 radical (unpaired) electrons. The first kappa shape index (κ1) is 16.4. The van der Waals surface area contributed by atoms with Gasteiger partial charge in [0.2, 0.25) is 0 Å². The monoisotopic (exact) mass is 310 g/mol. The summed E-state index contributed by atoms with van der Waals surface area (Å²) in [6, 6.07) is 0. The molecule has 2 saturated heterocycles. The third-order valence-electron chi connectivity index (χ3n) is 3.46. The minimum atomic E-state index is -0.266. The first-order chi connectivity index (χ1) is 10.8. The van der Waals surface area contributed by atoms with Crippen LogP contribution in [0.1, 0.15) is 38.5 Å². The van der Waals surface area contributed by atoms with E-state index < -0.39 is 0 Å². The molecule has 2 fully saturated rings. The summed E-state index contributed by atoms with van der Waals surface area (Å²) in [6.07, 6.45) is 8.26. The van der Waals surface area contributed by atoms with Crippen LogP contribution in [0.2, 0.25) is 0 Å². The number of cyclic esters (lactones) is 2. The molecule has 2 rings (SSSR count). The number of ether oxygens (including phenoxy) is 4. The van der Waals surface area contributed by atoms with Gasteiger partial charge in [-0.1, -0.05) is 0 Å². The van der Waals surface area contributed by atoms with E-state index in [4.69, 9.17) is 18.9 Å². The van der Waals surface area contributed by atoms with Gasteiger partial charge < -0.3 is 18.9 Å². The Morgan fingerprint density at radius 3 is 1.59 bits per heavy atom. The minimum Gasteiger partial charge on any atom is -0.501 e. The van der Waals surface area contributed by atoms with Crippen LogP contribution in [0.5, 0.6) is 0 Å². The molecule has 6 heteroatoms. The normalized spacial score (nSPS) is 21.3. The second kappa shape index (κ2) is 9.12. The lowest BCUT2D eigenvalue weighted by Crippen LogP contribution is -1.97. The lowest BCUT2D eigenvalue weighted by molar-refractivity contribution is -0.136. The van der Waals surface area contributed by atoms with Crippen molar-refractivity contribution in [2.24, 2.45) is 0 Å². The summed E-state index contributed by atoms with van der Waals surface area (Å²) in [4.78, 5) is 22.3. The number of hydrogen-bond donors (Lipinski definition) is 0. The van der Waals surface area contributed by atoms with E-state index in [0.29, 0.717) is 50.4 Å². The Morgan fingerprint density at radius 2 is 1.23 bits per heavy atom. The molecular weight excluding hydrogens is 288 g/mol. The van der Waals surface area contributed by atoms with Gasteiger partial charge in [0.05, 0.1) is 50.1 Å². The highest BCUT2D eigenvalue weighted by atomic mass is 16.5. The van der Waals surface area contributed by atoms with Crippen LogP contribution in [0, 0.1) is 0 Å². The number of carbonyl (C=O) groups excluding carboxylic acids is 2. The molecule has 2 aliphatic rings. The van der Waals surface area contributed by atoms with E-state index in [2.05, 4.69) is 0 Å². The topological polar surface area (TPSA) is 71.1 Å². The molecule has 0 unspecified atom stereocenters. The van der Waals surface area contributed by atoms with Crippen molar-refractivity contribution in [2.75, 3.05) is 26.4 Å². The van der Waals surface area contributed by atoms with Crippen LogP contribution in [0.25, 0.3) is 0 Å². The maximum absolute atomic E-state index is 11.1. The lowest BCUT2D eigenvalue weighted by Gasteiger charge is -2.03. The molecule has 0 atom stereocenters. The molecule has 2 aliphatic heterocycles. The van der Waals surface area contributed by atoms with Crippen molar-refractivity contribution in [3.8, 4) is 0 Å². The first-order valence-electron chi connectivity index (χ1n) is 7.73. The third-order valence-corrected chi connectivity index (χ3v) is 3.46. The molecule has 0 bridgehead atoms. The summed E-state index contributed by atoms with van der Waals surface area (Å²) in [5.74, 6) is -0.533. The minimum absolute atomic E-state index is 0.266. The molecule has 0 aromatic carbocycles. The Morgan fingerprint density at radius 1 is 0.773 bits per heavy atom. The Kier molecular flexibility index (Phi) is 6.80. The van der Waals surface area contributed by atoms with Crippen LogP contribution in [0.4, 0.5) is 0 Å². The average molecular weight is 310 g/mol. The maximum atomic E-state index is 11.1. The van der Waals surface area contributed by atoms with Crippen LogP contribution in [0.15, 0.2) is 23.7 Å². The molecule has 0 N–H and O–H groups in total. The van der Waals surface area contributed by atoms with Gasteiger partial charge in [0.1, 0.15) is 0 Å². The van der Waals surface area contributed by atoms with E-state index in [1.165, 1.54) is 12.5 Å².